The molecule has 0 saturated heterocycles. The van der Waals surface area contributed by atoms with E-state index in [1.165, 1.54) is 25.3 Å². The number of carbonyl (C=O) groups excluding carboxylic acids is 2. The second kappa shape index (κ2) is 8.63. The van der Waals surface area contributed by atoms with Gasteiger partial charge in [-0.25, -0.2) is 5.43 Å². The molecule has 2 aromatic rings. The van der Waals surface area contributed by atoms with Crippen molar-refractivity contribution in [2.24, 2.45) is 5.10 Å². The molecule has 0 atom stereocenters. The van der Waals surface area contributed by atoms with Crippen LogP contribution in [-0.4, -0.2) is 22.5 Å². The summed E-state index contributed by atoms with van der Waals surface area (Å²) in [5.41, 5.74) is 1.08. The van der Waals surface area contributed by atoms with Gasteiger partial charge in [-0.15, -0.1) is 0 Å². The number of hydrogen-bond donors (Lipinski definition) is 2. The Balaban J connectivity index is 2.00. The standard InChI is InChI=1S/C17H14ClF3N4O2/c1-10(24-25-16(27)14-4-2-3-7-22-14)8-15(26)23-13-6-5-11(18)9-12(13)17(19,20)21/h2-7,9H,8H2,1H3,(H,23,26)(H,25,27). The molecule has 0 saturated carbocycles. The molecule has 2 N–H and O–H groups in total. The number of anilines is 1. The number of carbonyl (C=O) groups is 2. The molecule has 10 heteroatoms. The van der Waals surface area contributed by atoms with Gasteiger partial charge in [0.05, 0.1) is 17.7 Å². The lowest BCUT2D eigenvalue weighted by molar-refractivity contribution is -0.137. The summed E-state index contributed by atoms with van der Waals surface area (Å²) in [7, 11) is 0. The zero-order chi connectivity index (χ0) is 20.0. The number of nitrogens with zero attached hydrogens (tertiary/aromatic N) is 2. The van der Waals surface area contributed by atoms with Gasteiger partial charge in [-0.2, -0.15) is 18.3 Å². The molecule has 1 aromatic heterocycles. The van der Waals surface area contributed by atoms with Crippen LogP contribution in [0, 0.1) is 0 Å². The van der Waals surface area contributed by atoms with Crippen LogP contribution in [0.15, 0.2) is 47.7 Å². The van der Waals surface area contributed by atoms with E-state index < -0.39 is 29.2 Å². The molecule has 0 radical (unpaired) electrons. The molecule has 0 unspecified atom stereocenters. The number of alkyl halides is 3. The van der Waals surface area contributed by atoms with Crippen LogP contribution < -0.4 is 10.7 Å². The predicted octanol–water partition coefficient (Wildman–Crippen LogP) is 3.89. The van der Waals surface area contributed by atoms with Gasteiger partial charge in [-0.1, -0.05) is 17.7 Å². The molecular weight excluding hydrogens is 385 g/mol. The van der Waals surface area contributed by atoms with Gasteiger partial charge in [0, 0.05) is 16.9 Å². The Hall–Kier alpha value is -2.94. The minimum absolute atomic E-state index is 0.102. The SMILES string of the molecule is CC(CC(=O)Nc1ccc(Cl)cc1C(F)(F)F)=NNC(=O)c1ccccn1. The lowest BCUT2D eigenvalue weighted by Crippen LogP contribution is -2.22. The second-order valence-corrected chi connectivity index (χ2v) is 5.85. The number of hydrogen-bond acceptors (Lipinski definition) is 4. The number of hydrazone groups is 1. The molecule has 0 aliphatic rings. The Labute approximate surface area is 157 Å². The van der Waals surface area contributed by atoms with Crippen molar-refractivity contribution in [3.8, 4) is 0 Å². The molecule has 1 aromatic carbocycles. The van der Waals surface area contributed by atoms with Gasteiger partial charge in [-0.05, 0) is 37.3 Å². The van der Waals surface area contributed by atoms with E-state index in [2.05, 4.69) is 20.8 Å². The van der Waals surface area contributed by atoms with E-state index in [9.17, 15) is 22.8 Å². The third-order valence-electron chi connectivity index (χ3n) is 3.22. The van der Waals surface area contributed by atoms with E-state index in [1.807, 2.05) is 0 Å². The monoisotopic (exact) mass is 398 g/mol. The maximum Gasteiger partial charge on any atom is 0.418 e. The minimum atomic E-state index is -4.67. The van der Waals surface area contributed by atoms with E-state index in [4.69, 9.17) is 11.6 Å². The zero-order valence-corrected chi connectivity index (χ0v) is 14.7. The molecule has 0 fully saturated rings. The number of nitrogens with one attached hydrogen (secondary N) is 2. The predicted molar refractivity (Wildman–Crippen MR) is 94.5 cm³/mol. The van der Waals surface area contributed by atoms with Gasteiger partial charge in [-0.3, -0.25) is 14.6 Å². The number of pyridine rings is 1. The summed E-state index contributed by atoms with van der Waals surface area (Å²) in [5, 5.41) is 5.81. The molecule has 6 nitrogen and oxygen atoms in total. The van der Waals surface area contributed by atoms with E-state index in [0.717, 1.165) is 12.1 Å². The van der Waals surface area contributed by atoms with Crippen LogP contribution in [-0.2, 0) is 11.0 Å². The van der Waals surface area contributed by atoms with Gasteiger partial charge < -0.3 is 5.32 Å². The Bertz CT molecular complexity index is 870. The highest BCUT2D eigenvalue weighted by Gasteiger charge is 2.34. The van der Waals surface area contributed by atoms with Crippen molar-refractivity contribution < 1.29 is 22.8 Å². The summed E-state index contributed by atoms with van der Waals surface area (Å²) < 4.78 is 39.1. The molecule has 0 spiro atoms. The maximum atomic E-state index is 13.0. The fourth-order valence-corrected chi connectivity index (χ4v) is 2.20. The molecular formula is C17H14ClF3N4O2. The minimum Gasteiger partial charge on any atom is -0.325 e. The molecule has 0 bridgehead atoms. The first-order chi connectivity index (χ1) is 12.7. The summed E-state index contributed by atoms with van der Waals surface area (Å²) in [6.45, 7) is 1.45. The summed E-state index contributed by atoms with van der Waals surface area (Å²) in [4.78, 5) is 27.6. The highest BCUT2D eigenvalue weighted by Crippen LogP contribution is 2.36. The lowest BCUT2D eigenvalue weighted by atomic mass is 10.1. The van der Waals surface area contributed by atoms with Crippen LogP contribution in [0.1, 0.15) is 29.4 Å². The number of amides is 2. The maximum absolute atomic E-state index is 13.0. The van der Waals surface area contributed by atoms with Gasteiger partial charge in [0.2, 0.25) is 5.91 Å². The molecule has 1 heterocycles. The van der Waals surface area contributed by atoms with Crippen molar-refractivity contribution in [3.63, 3.8) is 0 Å². The molecule has 2 amide bonds. The van der Waals surface area contributed by atoms with Crippen LogP contribution in [0.5, 0.6) is 0 Å². The average molecular weight is 399 g/mol. The van der Waals surface area contributed by atoms with Crippen molar-refractivity contribution in [1.29, 1.82) is 0 Å². The Morgan fingerprint density at radius 1 is 1.22 bits per heavy atom. The normalized spacial score (nSPS) is 11.8. The number of aromatic nitrogens is 1. The third kappa shape index (κ3) is 6.07. The van der Waals surface area contributed by atoms with Crippen molar-refractivity contribution >= 4 is 34.8 Å². The molecule has 142 valence electrons. The van der Waals surface area contributed by atoms with Gasteiger partial charge >= 0.3 is 6.18 Å². The van der Waals surface area contributed by atoms with Gasteiger partial charge in [0.1, 0.15) is 5.69 Å². The first-order valence-corrected chi connectivity index (χ1v) is 7.95. The van der Waals surface area contributed by atoms with Crippen LogP contribution in [0.2, 0.25) is 5.02 Å². The van der Waals surface area contributed by atoms with E-state index in [-0.39, 0.29) is 22.8 Å². The van der Waals surface area contributed by atoms with Crippen molar-refractivity contribution in [1.82, 2.24) is 10.4 Å². The average Bonchev–Trinajstić information content (AvgIpc) is 2.61. The third-order valence-corrected chi connectivity index (χ3v) is 3.46. The van der Waals surface area contributed by atoms with Crippen LogP contribution in [0.25, 0.3) is 0 Å². The first kappa shape index (κ1) is 20.4. The molecule has 2 rings (SSSR count). The molecule has 0 aliphatic heterocycles. The Morgan fingerprint density at radius 2 is 1.96 bits per heavy atom. The second-order valence-electron chi connectivity index (χ2n) is 5.42. The Kier molecular flexibility index (Phi) is 6.51. The summed E-state index contributed by atoms with van der Waals surface area (Å²) in [6, 6.07) is 7.77. The summed E-state index contributed by atoms with van der Waals surface area (Å²) in [6.07, 6.45) is -3.56. The smallest absolute Gasteiger partial charge is 0.325 e. The van der Waals surface area contributed by atoms with E-state index >= 15 is 0 Å². The fourth-order valence-electron chi connectivity index (χ4n) is 2.03. The van der Waals surface area contributed by atoms with Crippen molar-refractivity contribution in [2.75, 3.05) is 5.32 Å². The number of halogens is 4. The number of benzene rings is 1. The summed E-state index contributed by atoms with van der Waals surface area (Å²) >= 11 is 5.59. The summed E-state index contributed by atoms with van der Waals surface area (Å²) in [5.74, 6) is -1.30. The molecule has 0 aliphatic carbocycles. The van der Waals surface area contributed by atoms with Crippen LogP contribution in [0.4, 0.5) is 18.9 Å². The highest BCUT2D eigenvalue weighted by atomic mass is 35.5. The first-order valence-electron chi connectivity index (χ1n) is 7.58. The highest BCUT2D eigenvalue weighted by molar-refractivity contribution is 6.30. The lowest BCUT2D eigenvalue weighted by Gasteiger charge is -2.14. The van der Waals surface area contributed by atoms with Crippen LogP contribution in [0.3, 0.4) is 0 Å². The van der Waals surface area contributed by atoms with Crippen LogP contribution >= 0.6 is 11.6 Å². The Morgan fingerprint density at radius 3 is 2.59 bits per heavy atom. The quantitative estimate of drug-likeness (QED) is 0.592. The van der Waals surface area contributed by atoms with Gasteiger partial charge in [0.25, 0.3) is 5.91 Å². The van der Waals surface area contributed by atoms with Crippen molar-refractivity contribution in [3.05, 3.63) is 58.9 Å². The fraction of sp³-hybridized carbons (Fsp3) is 0.176. The largest absolute Gasteiger partial charge is 0.418 e. The van der Waals surface area contributed by atoms with E-state index in [1.54, 1.807) is 12.1 Å². The van der Waals surface area contributed by atoms with Gasteiger partial charge in [0.15, 0.2) is 0 Å². The molecule has 27 heavy (non-hydrogen) atoms. The number of rotatable bonds is 5. The zero-order valence-electron chi connectivity index (χ0n) is 14.0. The topological polar surface area (TPSA) is 83.5 Å². The van der Waals surface area contributed by atoms with Crippen molar-refractivity contribution in [2.45, 2.75) is 19.5 Å². The van der Waals surface area contributed by atoms with E-state index in [0.29, 0.717) is 0 Å².